The molecule has 4 heteroatoms. The summed E-state index contributed by atoms with van der Waals surface area (Å²) in [7, 11) is 0. The summed E-state index contributed by atoms with van der Waals surface area (Å²) in [6.45, 7) is 4.77. The molecule has 6 aliphatic carbocycles. The standard InChI is InChI=1S/C22H30O4/c1-21-15-7-3-5-10-12(7)18-13(15)14-16(22(18,2)20(24)26-10)8-4-6-9(25-19(21)23)11(8)17(14)21/h7-20,23-24H,3-6H2,1-2H3/t7-,8-,9-,10-,11+,12+,13+,14+,15-,16+,17-,18-,19+,20+,21+,22+/m1/s1. The van der Waals surface area contributed by atoms with E-state index in [2.05, 4.69) is 13.8 Å². The zero-order valence-electron chi connectivity index (χ0n) is 15.6. The Morgan fingerprint density at radius 2 is 1.04 bits per heavy atom. The SMILES string of the molecule is C[C@]12[C@H]3[C@H]4[C@@H]5[C@H]6[C@H]7[C@@H](CC[C@H]7O[C@H](O)[C@@]6(C)[C@H]4[C@@H]4CC[C@@H](O[C@@H]1O)[C@H]43)[C@H]52. The molecule has 0 aromatic rings. The minimum atomic E-state index is -0.585. The molecule has 4 nitrogen and oxygen atoms in total. The van der Waals surface area contributed by atoms with Crippen LogP contribution in [0.4, 0.5) is 0 Å². The van der Waals surface area contributed by atoms with E-state index in [0.717, 1.165) is 12.8 Å². The molecule has 8 rings (SSSR count). The Labute approximate surface area is 154 Å². The van der Waals surface area contributed by atoms with E-state index in [1.165, 1.54) is 12.8 Å². The lowest BCUT2D eigenvalue weighted by molar-refractivity contribution is -0.277. The van der Waals surface area contributed by atoms with Gasteiger partial charge < -0.3 is 19.7 Å². The van der Waals surface area contributed by atoms with Gasteiger partial charge in [-0.1, -0.05) is 13.8 Å². The third-order valence-electron chi connectivity index (χ3n) is 11.8. The minimum Gasteiger partial charge on any atom is -0.367 e. The fourth-order valence-corrected chi connectivity index (χ4v) is 11.8. The van der Waals surface area contributed by atoms with E-state index >= 15 is 0 Å². The molecule has 16 atom stereocenters. The Bertz CT molecular complexity index is 665. The van der Waals surface area contributed by atoms with Crippen molar-refractivity contribution in [2.75, 3.05) is 0 Å². The van der Waals surface area contributed by atoms with E-state index in [-0.39, 0.29) is 23.0 Å². The van der Waals surface area contributed by atoms with Crippen molar-refractivity contribution in [2.45, 2.75) is 64.3 Å². The first-order chi connectivity index (χ1) is 12.5. The van der Waals surface area contributed by atoms with Crippen molar-refractivity contribution in [2.24, 2.45) is 70.0 Å². The van der Waals surface area contributed by atoms with E-state index in [1.54, 1.807) is 0 Å². The fourth-order valence-electron chi connectivity index (χ4n) is 11.8. The van der Waals surface area contributed by atoms with Crippen LogP contribution in [-0.4, -0.2) is 35.0 Å². The van der Waals surface area contributed by atoms with Gasteiger partial charge in [0.25, 0.3) is 0 Å². The lowest BCUT2D eigenvalue weighted by atomic mass is 9.61. The Hall–Kier alpha value is -0.160. The molecule has 2 aliphatic heterocycles. The van der Waals surface area contributed by atoms with E-state index in [9.17, 15) is 10.2 Å². The first-order valence-corrected chi connectivity index (χ1v) is 11.2. The van der Waals surface area contributed by atoms with Crippen LogP contribution in [0.5, 0.6) is 0 Å². The van der Waals surface area contributed by atoms with Gasteiger partial charge in [0.1, 0.15) is 0 Å². The quantitative estimate of drug-likeness (QED) is 0.697. The van der Waals surface area contributed by atoms with Crippen molar-refractivity contribution in [1.29, 1.82) is 0 Å². The summed E-state index contributed by atoms with van der Waals surface area (Å²) in [6, 6.07) is 0. The van der Waals surface area contributed by atoms with Gasteiger partial charge in [-0.3, -0.25) is 0 Å². The smallest absolute Gasteiger partial charge is 0.160 e. The van der Waals surface area contributed by atoms with Crippen molar-refractivity contribution in [3.05, 3.63) is 0 Å². The lowest BCUT2D eigenvalue weighted by Crippen LogP contribution is -2.55. The maximum atomic E-state index is 11.3. The highest BCUT2D eigenvalue weighted by atomic mass is 16.6. The number of fused-ring (bicyclic) bond motifs is 4. The van der Waals surface area contributed by atoms with Crippen LogP contribution in [0.2, 0.25) is 0 Å². The summed E-state index contributed by atoms with van der Waals surface area (Å²) in [4.78, 5) is 0. The van der Waals surface area contributed by atoms with Gasteiger partial charge >= 0.3 is 0 Å². The zero-order chi connectivity index (χ0) is 17.3. The first kappa shape index (κ1) is 14.8. The van der Waals surface area contributed by atoms with E-state index in [0.29, 0.717) is 59.2 Å². The summed E-state index contributed by atoms with van der Waals surface area (Å²) in [5, 5.41) is 22.5. The summed E-state index contributed by atoms with van der Waals surface area (Å²) in [6.07, 6.45) is 3.99. The Kier molecular flexibility index (Phi) is 2.24. The molecule has 8 fully saturated rings. The molecule has 8 aliphatic rings. The van der Waals surface area contributed by atoms with Crippen LogP contribution in [0.15, 0.2) is 0 Å². The molecule has 0 amide bonds. The molecule has 6 saturated carbocycles. The highest BCUT2D eigenvalue weighted by Gasteiger charge is 2.87. The summed E-state index contributed by atoms with van der Waals surface area (Å²) in [5.74, 6) is 6.34. The molecule has 0 aromatic heterocycles. The number of hydrogen-bond donors (Lipinski definition) is 2. The molecule has 2 N–H and O–H groups in total. The topological polar surface area (TPSA) is 58.9 Å². The van der Waals surface area contributed by atoms with Crippen LogP contribution >= 0.6 is 0 Å². The molecule has 26 heavy (non-hydrogen) atoms. The van der Waals surface area contributed by atoms with Crippen LogP contribution in [0.1, 0.15) is 39.5 Å². The maximum Gasteiger partial charge on any atom is 0.160 e. The highest BCUT2D eigenvalue weighted by molar-refractivity contribution is 5.32. The molecule has 0 spiro atoms. The second-order valence-electron chi connectivity index (χ2n) is 11.7. The monoisotopic (exact) mass is 358 g/mol. The van der Waals surface area contributed by atoms with Crippen LogP contribution in [0.25, 0.3) is 0 Å². The zero-order valence-corrected chi connectivity index (χ0v) is 15.6. The molecule has 0 radical (unpaired) electrons. The summed E-state index contributed by atoms with van der Waals surface area (Å²) >= 11 is 0. The molecule has 0 unspecified atom stereocenters. The number of aliphatic hydroxyl groups excluding tert-OH is 2. The van der Waals surface area contributed by atoms with Crippen LogP contribution in [-0.2, 0) is 9.47 Å². The van der Waals surface area contributed by atoms with E-state index in [4.69, 9.17) is 9.47 Å². The first-order valence-electron chi connectivity index (χ1n) is 11.2. The summed E-state index contributed by atoms with van der Waals surface area (Å²) < 4.78 is 12.7. The van der Waals surface area contributed by atoms with Crippen molar-refractivity contribution in [3.63, 3.8) is 0 Å². The van der Waals surface area contributed by atoms with Crippen molar-refractivity contribution < 1.29 is 19.7 Å². The predicted octanol–water partition coefficient (Wildman–Crippen LogP) is 2.24. The van der Waals surface area contributed by atoms with Crippen molar-refractivity contribution in [1.82, 2.24) is 0 Å². The predicted molar refractivity (Wildman–Crippen MR) is 91.3 cm³/mol. The summed E-state index contributed by atoms with van der Waals surface area (Å²) in [5.41, 5.74) is -0.145. The molecule has 2 heterocycles. The Morgan fingerprint density at radius 3 is 1.46 bits per heavy atom. The fraction of sp³-hybridized carbons (Fsp3) is 1.00. The molecule has 2 saturated heterocycles. The van der Waals surface area contributed by atoms with Crippen LogP contribution in [0.3, 0.4) is 0 Å². The van der Waals surface area contributed by atoms with Crippen molar-refractivity contribution >= 4 is 0 Å². The normalized spacial score (nSPS) is 78.9. The van der Waals surface area contributed by atoms with Crippen LogP contribution < -0.4 is 0 Å². The van der Waals surface area contributed by atoms with E-state index in [1.807, 2.05) is 0 Å². The third kappa shape index (κ3) is 1.11. The molecule has 0 bridgehead atoms. The third-order valence-corrected chi connectivity index (χ3v) is 11.8. The molecular formula is C22H30O4. The number of hydrogen-bond acceptors (Lipinski definition) is 4. The van der Waals surface area contributed by atoms with Gasteiger partial charge in [0, 0.05) is 10.8 Å². The second kappa shape index (κ2) is 3.94. The Balaban J connectivity index is 1.43. The maximum absolute atomic E-state index is 11.3. The van der Waals surface area contributed by atoms with Gasteiger partial charge in [0.2, 0.25) is 0 Å². The minimum absolute atomic E-state index is 0.0724. The van der Waals surface area contributed by atoms with Gasteiger partial charge in [-0.2, -0.15) is 0 Å². The van der Waals surface area contributed by atoms with Gasteiger partial charge in [0.15, 0.2) is 12.6 Å². The van der Waals surface area contributed by atoms with Gasteiger partial charge in [-0.15, -0.1) is 0 Å². The van der Waals surface area contributed by atoms with Crippen LogP contribution in [0, 0.1) is 70.0 Å². The van der Waals surface area contributed by atoms with Gasteiger partial charge in [-0.05, 0) is 84.9 Å². The average molecular weight is 358 g/mol. The average Bonchev–Trinajstić information content (AvgIpc) is 3.34. The number of ether oxygens (including phenoxy) is 2. The second-order valence-corrected chi connectivity index (χ2v) is 11.7. The largest absolute Gasteiger partial charge is 0.367 e. The number of aliphatic hydroxyl groups is 2. The lowest BCUT2D eigenvalue weighted by Gasteiger charge is -2.52. The van der Waals surface area contributed by atoms with Gasteiger partial charge in [-0.25, -0.2) is 0 Å². The molecule has 0 aromatic carbocycles. The molecule has 142 valence electrons. The Morgan fingerprint density at radius 1 is 0.615 bits per heavy atom. The van der Waals surface area contributed by atoms with Crippen molar-refractivity contribution in [3.8, 4) is 0 Å². The highest BCUT2D eigenvalue weighted by Crippen LogP contribution is 2.87. The van der Waals surface area contributed by atoms with E-state index < -0.39 is 12.6 Å². The number of rotatable bonds is 0. The van der Waals surface area contributed by atoms with Gasteiger partial charge in [0.05, 0.1) is 12.2 Å². The molecular weight excluding hydrogens is 328 g/mol.